The third-order valence-electron chi connectivity index (χ3n) is 2.30. The maximum absolute atomic E-state index is 11.7. The molecule has 102 valence electrons. The van der Waals surface area contributed by atoms with Crippen molar-refractivity contribution in [1.29, 1.82) is 0 Å². The lowest BCUT2D eigenvalue weighted by molar-refractivity contribution is -0.140. The first-order valence-corrected chi connectivity index (χ1v) is 7.07. The molecule has 1 heterocycles. The number of aromatic nitrogens is 2. The molecule has 1 aromatic rings. The summed E-state index contributed by atoms with van der Waals surface area (Å²) >= 11 is 0. The fraction of sp³-hybridized carbons (Fsp3) is 0.600. The van der Waals surface area contributed by atoms with Gasteiger partial charge < -0.3 is 4.74 Å². The van der Waals surface area contributed by atoms with Crippen molar-refractivity contribution in [3.8, 4) is 0 Å². The fourth-order valence-electron chi connectivity index (χ4n) is 1.43. The van der Waals surface area contributed by atoms with Crippen LogP contribution in [0.15, 0.2) is 6.20 Å². The minimum absolute atomic E-state index is 0.0867. The van der Waals surface area contributed by atoms with Crippen molar-refractivity contribution >= 4 is 21.7 Å². The highest BCUT2D eigenvalue weighted by atomic mass is 32.2. The number of nitrogens with zero attached hydrogens (tertiary/aromatic N) is 2. The molecule has 1 aromatic heterocycles. The van der Waals surface area contributed by atoms with E-state index < -0.39 is 16.0 Å². The lowest BCUT2D eigenvalue weighted by Crippen LogP contribution is -2.17. The van der Waals surface area contributed by atoms with Gasteiger partial charge in [0, 0.05) is 19.7 Å². The number of methoxy groups -OCH3 is 1. The summed E-state index contributed by atoms with van der Waals surface area (Å²) in [4.78, 5) is 10.9. The van der Waals surface area contributed by atoms with E-state index in [0.29, 0.717) is 11.4 Å². The number of hydrogen-bond donors (Lipinski definition) is 1. The van der Waals surface area contributed by atoms with Crippen LogP contribution in [0.25, 0.3) is 0 Å². The van der Waals surface area contributed by atoms with Crippen molar-refractivity contribution < 1.29 is 17.9 Å². The Morgan fingerprint density at radius 3 is 2.72 bits per heavy atom. The van der Waals surface area contributed by atoms with Crippen molar-refractivity contribution in [2.45, 2.75) is 19.8 Å². The Kier molecular flexibility index (Phi) is 4.71. The van der Waals surface area contributed by atoms with Crippen LogP contribution in [0, 0.1) is 6.92 Å². The summed E-state index contributed by atoms with van der Waals surface area (Å²) in [6.45, 7) is 1.71. The summed E-state index contributed by atoms with van der Waals surface area (Å²) in [5.41, 5.74) is 1.06. The molecule has 0 atom stereocenters. The van der Waals surface area contributed by atoms with Crippen LogP contribution in [0.4, 0.5) is 5.69 Å². The molecule has 0 amide bonds. The highest BCUT2D eigenvalue weighted by Gasteiger charge is 2.14. The molecule has 1 N–H and O–H groups in total. The molecule has 7 nitrogen and oxygen atoms in total. The molecule has 0 fully saturated rings. The lowest BCUT2D eigenvalue weighted by atomic mass is 10.3. The van der Waals surface area contributed by atoms with Gasteiger partial charge >= 0.3 is 5.97 Å². The minimum atomic E-state index is -3.46. The summed E-state index contributed by atoms with van der Waals surface area (Å²) in [5, 5.41) is 4.03. The van der Waals surface area contributed by atoms with Crippen LogP contribution in [0.1, 0.15) is 18.5 Å². The lowest BCUT2D eigenvalue weighted by Gasteiger charge is -2.06. The normalized spacial score (nSPS) is 11.3. The Hall–Kier alpha value is -1.57. The summed E-state index contributed by atoms with van der Waals surface area (Å²) in [6.07, 6.45) is 1.90. The van der Waals surface area contributed by atoms with E-state index in [0.717, 1.165) is 0 Å². The minimum Gasteiger partial charge on any atom is -0.469 e. The molecule has 18 heavy (non-hydrogen) atoms. The average Bonchev–Trinajstić information content (AvgIpc) is 2.56. The molecule has 0 unspecified atom stereocenters. The van der Waals surface area contributed by atoms with Gasteiger partial charge in [0.05, 0.1) is 24.2 Å². The Morgan fingerprint density at radius 1 is 1.56 bits per heavy atom. The van der Waals surface area contributed by atoms with Gasteiger partial charge in [0.2, 0.25) is 10.0 Å². The van der Waals surface area contributed by atoms with E-state index in [9.17, 15) is 13.2 Å². The van der Waals surface area contributed by atoms with Crippen LogP contribution < -0.4 is 4.72 Å². The molecular formula is C10H17N3O4S. The molecule has 0 aliphatic heterocycles. The van der Waals surface area contributed by atoms with Crippen molar-refractivity contribution in [2.75, 3.05) is 17.6 Å². The number of aryl methyl sites for hydroxylation is 2. The summed E-state index contributed by atoms with van der Waals surface area (Å²) in [7, 11) is -0.477. The van der Waals surface area contributed by atoms with Crippen LogP contribution >= 0.6 is 0 Å². The van der Waals surface area contributed by atoms with Gasteiger partial charge in [0.25, 0.3) is 0 Å². The molecular weight excluding hydrogens is 258 g/mol. The van der Waals surface area contributed by atoms with E-state index in [1.165, 1.54) is 11.8 Å². The van der Waals surface area contributed by atoms with Crippen molar-refractivity contribution in [3.05, 3.63) is 11.9 Å². The molecule has 0 aromatic carbocycles. The zero-order valence-electron chi connectivity index (χ0n) is 10.6. The van der Waals surface area contributed by atoms with Gasteiger partial charge in [-0.3, -0.25) is 14.2 Å². The van der Waals surface area contributed by atoms with Crippen LogP contribution in [0.2, 0.25) is 0 Å². The van der Waals surface area contributed by atoms with Gasteiger partial charge in [0.1, 0.15) is 0 Å². The number of esters is 1. The molecule has 0 aliphatic carbocycles. The van der Waals surface area contributed by atoms with Gasteiger partial charge in [0.15, 0.2) is 0 Å². The molecule has 0 saturated carbocycles. The highest BCUT2D eigenvalue weighted by Crippen LogP contribution is 2.14. The van der Waals surface area contributed by atoms with Crippen LogP contribution in [0.5, 0.6) is 0 Å². The maximum Gasteiger partial charge on any atom is 0.305 e. The second-order valence-corrected chi connectivity index (χ2v) is 5.74. The summed E-state index contributed by atoms with van der Waals surface area (Å²) in [6, 6.07) is 0. The number of carbonyl (C=O) groups excluding carboxylic acids is 1. The first-order valence-electron chi connectivity index (χ1n) is 5.41. The monoisotopic (exact) mass is 275 g/mol. The predicted octanol–water partition coefficient (Wildman–Crippen LogP) is 0.423. The molecule has 0 bridgehead atoms. The van der Waals surface area contributed by atoms with Gasteiger partial charge in [-0.2, -0.15) is 5.10 Å². The van der Waals surface area contributed by atoms with E-state index in [2.05, 4.69) is 14.6 Å². The Bertz CT molecular complexity index is 521. The van der Waals surface area contributed by atoms with Gasteiger partial charge in [-0.15, -0.1) is 0 Å². The largest absolute Gasteiger partial charge is 0.469 e. The first-order chi connectivity index (χ1) is 8.34. The summed E-state index contributed by atoms with van der Waals surface area (Å²) < 4.78 is 31.9. The van der Waals surface area contributed by atoms with Crippen molar-refractivity contribution in [1.82, 2.24) is 9.78 Å². The fourth-order valence-corrected chi connectivity index (χ4v) is 2.59. The Balaban J connectivity index is 2.55. The third kappa shape index (κ3) is 4.36. The number of ether oxygens (including phenoxy) is 1. The highest BCUT2D eigenvalue weighted by molar-refractivity contribution is 7.92. The molecule has 0 aliphatic rings. The van der Waals surface area contributed by atoms with E-state index in [1.807, 2.05) is 0 Å². The Labute approximate surface area is 106 Å². The second-order valence-electron chi connectivity index (χ2n) is 3.90. The Morgan fingerprint density at radius 2 is 2.22 bits per heavy atom. The maximum atomic E-state index is 11.7. The van der Waals surface area contributed by atoms with E-state index in [4.69, 9.17) is 0 Å². The van der Waals surface area contributed by atoms with Crippen molar-refractivity contribution in [2.24, 2.45) is 7.05 Å². The predicted molar refractivity (Wildman–Crippen MR) is 66.6 cm³/mol. The number of rotatable bonds is 6. The number of anilines is 1. The standard InChI is InChI=1S/C10H17N3O4S/c1-8-9(7-13(2)11-8)12-18(15,16)6-4-5-10(14)17-3/h7,12H,4-6H2,1-3H3. The quantitative estimate of drug-likeness (QED) is 0.760. The van der Waals surface area contributed by atoms with Crippen LogP contribution in [-0.4, -0.2) is 37.0 Å². The van der Waals surface area contributed by atoms with Gasteiger partial charge in [-0.05, 0) is 13.3 Å². The van der Waals surface area contributed by atoms with Gasteiger partial charge in [-0.25, -0.2) is 8.42 Å². The number of nitrogens with one attached hydrogen (secondary N) is 1. The van der Waals surface area contributed by atoms with E-state index in [1.54, 1.807) is 20.2 Å². The van der Waals surface area contributed by atoms with Crippen LogP contribution in [0.3, 0.4) is 0 Å². The first kappa shape index (κ1) is 14.5. The summed E-state index contributed by atoms with van der Waals surface area (Å²) in [5.74, 6) is -0.543. The SMILES string of the molecule is COC(=O)CCCS(=O)(=O)Nc1cn(C)nc1C. The van der Waals surface area contributed by atoms with Gasteiger partial charge in [-0.1, -0.05) is 0 Å². The zero-order chi connectivity index (χ0) is 13.8. The molecule has 0 saturated heterocycles. The molecule has 0 spiro atoms. The molecule has 0 radical (unpaired) electrons. The number of carbonyl (C=O) groups is 1. The van der Waals surface area contributed by atoms with Crippen molar-refractivity contribution in [3.63, 3.8) is 0 Å². The second kappa shape index (κ2) is 5.85. The zero-order valence-corrected chi connectivity index (χ0v) is 11.5. The van der Waals surface area contributed by atoms with Crippen LogP contribution in [-0.2, 0) is 26.6 Å². The van der Waals surface area contributed by atoms with E-state index in [-0.39, 0.29) is 18.6 Å². The third-order valence-corrected chi connectivity index (χ3v) is 3.66. The molecule has 8 heteroatoms. The average molecular weight is 275 g/mol. The number of sulfonamides is 1. The number of hydrogen-bond acceptors (Lipinski definition) is 5. The smallest absolute Gasteiger partial charge is 0.305 e. The van der Waals surface area contributed by atoms with E-state index >= 15 is 0 Å². The molecule has 1 rings (SSSR count). The topological polar surface area (TPSA) is 90.3 Å².